The van der Waals surface area contributed by atoms with Crippen molar-refractivity contribution in [2.24, 2.45) is 17.8 Å². The smallest absolute Gasteiger partial charge is 0.244 e. The van der Waals surface area contributed by atoms with Gasteiger partial charge >= 0.3 is 0 Å². The molecule has 15 heteroatoms. The Balaban J connectivity index is 0.000000753. The van der Waals surface area contributed by atoms with Crippen molar-refractivity contribution in [3.05, 3.63) is 57.6 Å². The number of alkyl halides is 1. The molecule has 0 spiro atoms. The molecule has 1 atom stereocenters. The molecule has 0 aliphatic carbocycles. The van der Waals surface area contributed by atoms with Crippen LogP contribution in [0.5, 0.6) is 0 Å². The molecule has 0 fully saturated rings. The average Bonchev–Trinajstić information content (AvgIpc) is 2.95. The molecule has 0 heterocycles. The van der Waals surface area contributed by atoms with Gasteiger partial charge in [-0.2, -0.15) is 0 Å². The van der Waals surface area contributed by atoms with Crippen molar-refractivity contribution in [1.29, 1.82) is 0 Å². The molecule has 0 aliphatic heterocycles. The zero-order valence-electron chi connectivity index (χ0n) is 28.4. The Morgan fingerprint density at radius 1 is 0.723 bits per heavy atom. The number of hydrogen-bond acceptors (Lipinski definition) is 8. The normalized spacial score (nSPS) is 12.3. The fourth-order valence-electron chi connectivity index (χ4n) is 3.64. The number of ketones is 4. The van der Waals surface area contributed by atoms with Gasteiger partial charge in [0.1, 0.15) is 32.9 Å². The molecule has 2 aromatic carbocycles. The second kappa shape index (κ2) is 19.9. The maximum atomic E-state index is 12.1. The molecule has 0 bridgehead atoms. The predicted molar refractivity (Wildman–Crippen MR) is 190 cm³/mol. The molecule has 47 heavy (non-hydrogen) atoms. The van der Waals surface area contributed by atoms with Crippen LogP contribution in [0, 0.1) is 17.8 Å². The molecule has 2 aromatic rings. The van der Waals surface area contributed by atoms with Crippen LogP contribution in [0.2, 0.25) is 10.0 Å². The van der Waals surface area contributed by atoms with Gasteiger partial charge in [-0.25, -0.2) is 25.4 Å². The first kappa shape index (κ1) is 45.0. The lowest BCUT2D eigenvalue weighted by Gasteiger charge is -2.17. The van der Waals surface area contributed by atoms with Gasteiger partial charge in [0.15, 0.2) is 0 Å². The van der Waals surface area contributed by atoms with E-state index in [-0.39, 0.29) is 67.6 Å². The maximum Gasteiger partial charge on any atom is 0.244 e. The van der Waals surface area contributed by atoms with Gasteiger partial charge in [0.2, 0.25) is 20.0 Å². The Kier molecular flexibility index (Phi) is 19.0. The molecule has 10 nitrogen and oxygen atoms in total. The number of halogens is 3. The minimum Gasteiger partial charge on any atom is -0.300 e. The highest BCUT2D eigenvalue weighted by molar-refractivity contribution is 9.08. The van der Waals surface area contributed by atoms with Crippen molar-refractivity contribution in [2.75, 3.05) is 28.2 Å². The van der Waals surface area contributed by atoms with E-state index in [9.17, 15) is 36.0 Å². The van der Waals surface area contributed by atoms with Crippen LogP contribution in [-0.2, 0) is 51.0 Å². The fraction of sp³-hybridized carbons (Fsp3) is 0.500. The van der Waals surface area contributed by atoms with E-state index in [0.717, 1.165) is 14.2 Å². The molecule has 0 aliphatic rings. The summed E-state index contributed by atoms with van der Waals surface area (Å²) in [6.45, 7) is 9.91. The average molecular weight is 801 g/mol. The minimum absolute atomic E-state index is 0.00229. The molecule has 0 saturated carbocycles. The van der Waals surface area contributed by atoms with Crippen molar-refractivity contribution in [3.8, 4) is 0 Å². The van der Waals surface area contributed by atoms with Gasteiger partial charge in [0, 0.05) is 45.4 Å². The molecule has 0 saturated heterocycles. The van der Waals surface area contributed by atoms with Gasteiger partial charge in [-0.3, -0.25) is 19.2 Å². The molecule has 2 rings (SSSR count). The maximum absolute atomic E-state index is 12.1. The van der Waals surface area contributed by atoms with Crippen LogP contribution in [0.3, 0.4) is 0 Å². The van der Waals surface area contributed by atoms with Gasteiger partial charge in [0.05, 0.1) is 22.4 Å². The predicted octanol–water partition coefficient (Wildman–Crippen LogP) is 6.24. The van der Waals surface area contributed by atoms with E-state index in [0.29, 0.717) is 10.9 Å². The number of benzene rings is 2. The Morgan fingerprint density at radius 2 is 1.13 bits per heavy atom. The van der Waals surface area contributed by atoms with E-state index in [2.05, 4.69) is 15.9 Å². The van der Waals surface area contributed by atoms with Gasteiger partial charge < -0.3 is 0 Å². The summed E-state index contributed by atoms with van der Waals surface area (Å²) >= 11 is 15.3. The Bertz CT molecular complexity index is 1640. The summed E-state index contributed by atoms with van der Waals surface area (Å²) < 4.78 is 50.0. The summed E-state index contributed by atoms with van der Waals surface area (Å²) in [5.74, 6) is -1.33. The summed E-state index contributed by atoms with van der Waals surface area (Å²) in [6, 6.07) is 9.40. The van der Waals surface area contributed by atoms with E-state index in [1.165, 1.54) is 60.2 Å². The number of Topliss-reactive ketones (excluding diaryl/α,β-unsaturated/α-hetero) is 4. The summed E-state index contributed by atoms with van der Waals surface area (Å²) in [5.41, 5.74) is 1.60. The van der Waals surface area contributed by atoms with Crippen molar-refractivity contribution < 1.29 is 36.0 Å². The molecule has 0 radical (unpaired) electrons. The summed E-state index contributed by atoms with van der Waals surface area (Å²) in [5, 5.41) is 0.978. The van der Waals surface area contributed by atoms with Crippen molar-refractivity contribution in [1.82, 2.24) is 8.61 Å². The summed E-state index contributed by atoms with van der Waals surface area (Å²) in [6.07, 6.45) is 0.312. The lowest BCUT2D eigenvalue weighted by atomic mass is 9.87. The molecule has 1 unspecified atom stereocenters. The van der Waals surface area contributed by atoms with Crippen LogP contribution in [0.15, 0.2) is 46.2 Å². The van der Waals surface area contributed by atoms with Crippen molar-refractivity contribution in [2.45, 2.75) is 69.5 Å². The monoisotopic (exact) mass is 798 g/mol. The first-order chi connectivity index (χ1) is 21.4. The third-order valence-corrected chi connectivity index (χ3v) is 11.8. The molecular weight excluding hydrogens is 755 g/mol. The van der Waals surface area contributed by atoms with E-state index < -0.39 is 26.0 Å². The molecule has 0 aromatic heterocycles. The van der Waals surface area contributed by atoms with Crippen LogP contribution in [0.4, 0.5) is 0 Å². The number of carbonyl (C=O) groups excluding carboxylic acids is 4. The first-order valence-electron chi connectivity index (χ1n) is 14.5. The molecular formula is C32H45BrCl2N2O8S2. The molecule has 0 N–H and O–H groups in total. The fourth-order valence-corrected chi connectivity index (χ4v) is 6.86. The number of rotatable bonds is 13. The van der Waals surface area contributed by atoms with E-state index >= 15 is 0 Å². The van der Waals surface area contributed by atoms with E-state index in [1.54, 1.807) is 45.9 Å². The lowest BCUT2D eigenvalue weighted by Crippen LogP contribution is -2.28. The second-order valence-corrected chi connectivity index (χ2v) is 17.3. The van der Waals surface area contributed by atoms with Crippen LogP contribution in [0.1, 0.15) is 59.1 Å². The SMILES string of the molecule is CC(=O)C(Cc1ccc(S(=O)(=O)N(C)C)c(Cl)c1)C(=O)C(C)C.CC(=O)CC(=O)C(C)C.CN(C)S(=O)(=O)c1ccc(CBr)cc1Cl. The number of nitrogens with zero attached hydrogens (tertiary/aromatic N) is 2. The van der Waals surface area contributed by atoms with Crippen LogP contribution >= 0.6 is 39.1 Å². The van der Waals surface area contributed by atoms with Gasteiger partial charge in [-0.1, -0.05) is 79.0 Å². The van der Waals surface area contributed by atoms with Gasteiger partial charge in [-0.15, -0.1) is 0 Å². The third kappa shape index (κ3) is 14.2. The van der Waals surface area contributed by atoms with Crippen LogP contribution in [-0.4, -0.2) is 76.8 Å². The Labute approximate surface area is 298 Å². The van der Waals surface area contributed by atoms with E-state index in [1.807, 2.05) is 0 Å². The number of hydrogen-bond donors (Lipinski definition) is 0. The highest BCUT2D eigenvalue weighted by Gasteiger charge is 2.27. The van der Waals surface area contributed by atoms with Gasteiger partial charge in [0.25, 0.3) is 0 Å². The van der Waals surface area contributed by atoms with Crippen molar-refractivity contribution in [3.63, 3.8) is 0 Å². The number of carbonyl (C=O) groups is 4. The quantitative estimate of drug-likeness (QED) is 0.171. The number of sulfonamides is 2. The topological polar surface area (TPSA) is 143 Å². The molecule has 0 amide bonds. The largest absolute Gasteiger partial charge is 0.300 e. The molecule has 264 valence electrons. The van der Waals surface area contributed by atoms with Crippen LogP contribution in [0.25, 0.3) is 0 Å². The highest BCUT2D eigenvalue weighted by Crippen LogP contribution is 2.27. The summed E-state index contributed by atoms with van der Waals surface area (Å²) in [4.78, 5) is 45.1. The first-order valence-corrected chi connectivity index (χ1v) is 19.2. The van der Waals surface area contributed by atoms with Gasteiger partial charge in [-0.05, 0) is 55.7 Å². The zero-order chi connectivity index (χ0) is 37.0. The zero-order valence-corrected chi connectivity index (χ0v) is 33.2. The second-order valence-electron chi connectivity index (χ2n) is 11.7. The highest BCUT2D eigenvalue weighted by atomic mass is 79.9. The Morgan fingerprint density at radius 3 is 1.40 bits per heavy atom. The standard InChI is InChI=1S/C16H22ClNO4S.C9H11BrClNO2S.C7H12O2/c1-10(2)16(20)13(11(3)19)8-12-6-7-15(14(17)9-12)23(21,22)18(4)5;1-12(2)15(13,14)9-4-3-7(6-10)5-8(9)11;1-5(2)7(9)4-6(3)8/h6-7,9-10,13H,8H2,1-5H3;3-5H,6H2,1-2H3;5H,4H2,1-3H3. The Hall–Kier alpha value is -2.00. The van der Waals surface area contributed by atoms with Crippen LogP contribution < -0.4 is 0 Å². The summed E-state index contributed by atoms with van der Waals surface area (Å²) in [7, 11) is -1.28. The lowest BCUT2D eigenvalue weighted by molar-refractivity contribution is -0.133. The van der Waals surface area contributed by atoms with E-state index in [4.69, 9.17) is 23.2 Å². The van der Waals surface area contributed by atoms with Crippen molar-refractivity contribution >= 4 is 82.3 Å². The third-order valence-electron chi connectivity index (χ3n) is 6.57. The minimum atomic E-state index is -3.63.